The normalized spacial score (nSPS) is 11.0. The first-order valence-corrected chi connectivity index (χ1v) is 13.5. The minimum atomic E-state index is -0.218. The van der Waals surface area contributed by atoms with Crippen LogP contribution in [0.1, 0.15) is 83.1 Å². The van der Waals surface area contributed by atoms with Crippen LogP contribution < -0.4 is 0 Å². The SMILES string of the molecule is CCCCCCc1nc(-c2ccc(C)cc2)sc1CCC(=O)c1ccc(CCC(=O)OC)c(C)c1. The van der Waals surface area contributed by atoms with Crippen LogP contribution >= 0.6 is 11.3 Å². The minimum Gasteiger partial charge on any atom is -0.469 e. The Morgan fingerprint density at radius 2 is 1.69 bits per heavy atom. The molecule has 35 heavy (non-hydrogen) atoms. The third-order valence-electron chi connectivity index (χ3n) is 6.41. The van der Waals surface area contributed by atoms with Crippen molar-refractivity contribution in [2.75, 3.05) is 7.11 Å². The summed E-state index contributed by atoms with van der Waals surface area (Å²) in [6, 6.07) is 14.3. The van der Waals surface area contributed by atoms with Crippen LogP contribution in [0.2, 0.25) is 0 Å². The number of aryl methyl sites for hydroxylation is 5. The van der Waals surface area contributed by atoms with Gasteiger partial charge in [0.05, 0.1) is 12.8 Å². The van der Waals surface area contributed by atoms with Crippen LogP contribution in [-0.4, -0.2) is 23.8 Å². The van der Waals surface area contributed by atoms with E-state index in [-0.39, 0.29) is 11.8 Å². The van der Waals surface area contributed by atoms with Crippen LogP contribution in [0.3, 0.4) is 0 Å². The molecule has 0 unspecified atom stereocenters. The second kappa shape index (κ2) is 13.3. The Morgan fingerprint density at radius 3 is 2.37 bits per heavy atom. The number of esters is 1. The molecule has 3 rings (SSSR count). The van der Waals surface area contributed by atoms with Crippen LogP contribution in [0, 0.1) is 13.8 Å². The maximum absolute atomic E-state index is 13.0. The third kappa shape index (κ3) is 7.86. The Morgan fingerprint density at radius 1 is 0.914 bits per heavy atom. The zero-order valence-electron chi connectivity index (χ0n) is 21.5. The van der Waals surface area contributed by atoms with E-state index in [2.05, 4.69) is 38.1 Å². The first-order valence-electron chi connectivity index (χ1n) is 12.7. The molecule has 1 aromatic heterocycles. The van der Waals surface area contributed by atoms with Crippen molar-refractivity contribution in [3.63, 3.8) is 0 Å². The first kappa shape index (κ1) is 26.8. The number of ether oxygens (including phenoxy) is 1. The molecule has 0 atom stereocenters. The van der Waals surface area contributed by atoms with Crippen molar-refractivity contribution in [1.82, 2.24) is 4.98 Å². The first-order chi connectivity index (χ1) is 16.9. The van der Waals surface area contributed by atoms with Crippen LogP contribution in [0.4, 0.5) is 0 Å². The summed E-state index contributed by atoms with van der Waals surface area (Å²) in [6.07, 6.45) is 7.95. The average molecular weight is 492 g/mol. The van der Waals surface area contributed by atoms with Gasteiger partial charge in [-0.15, -0.1) is 11.3 Å². The Kier molecular flexibility index (Phi) is 10.2. The van der Waals surface area contributed by atoms with Gasteiger partial charge in [0.15, 0.2) is 5.78 Å². The lowest BCUT2D eigenvalue weighted by Gasteiger charge is -2.08. The van der Waals surface area contributed by atoms with Gasteiger partial charge in [0, 0.05) is 28.8 Å². The molecule has 2 aromatic carbocycles. The lowest BCUT2D eigenvalue weighted by Crippen LogP contribution is -2.05. The molecular formula is C30H37NO3S. The fraction of sp³-hybridized carbons (Fsp3) is 0.433. The minimum absolute atomic E-state index is 0.148. The Labute approximate surface area is 213 Å². The fourth-order valence-corrected chi connectivity index (χ4v) is 5.29. The number of benzene rings is 2. The van der Waals surface area contributed by atoms with Gasteiger partial charge in [0.2, 0.25) is 0 Å². The summed E-state index contributed by atoms with van der Waals surface area (Å²) in [7, 11) is 1.40. The lowest BCUT2D eigenvalue weighted by atomic mass is 9.97. The highest BCUT2D eigenvalue weighted by Gasteiger charge is 2.16. The second-order valence-electron chi connectivity index (χ2n) is 9.21. The number of rotatable bonds is 13. The van der Waals surface area contributed by atoms with Crippen LogP contribution in [0.25, 0.3) is 10.6 Å². The highest BCUT2D eigenvalue weighted by atomic mass is 32.1. The molecule has 5 heteroatoms. The number of ketones is 1. The molecule has 0 aliphatic heterocycles. The van der Waals surface area contributed by atoms with Crippen molar-refractivity contribution in [3.8, 4) is 10.6 Å². The molecule has 0 fully saturated rings. The standard InChI is InChI=1S/C30H37NO3S/c1-5-6-7-8-9-26-28(35-30(31-26)24-12-10-21(2)11-13-24)18-17-27(32)25-15-14-23(22(3)20-25)16-19-29(33)34-4/h10-15,20H,5-9,16-19H2,1-4H3. The number of hydrogen-bond donors (Lipinski definition) is 0. The molecule has 0 saturated carbocycles. The van der Waals surface area contributed by atoms with E-state index in [4.69, 9.17) is 9.72 Å². The molecule has 0 spiro atoms. The Balaban J connectivity index is 1.69. The van der Waals surface area contributed by atoms with Gasteiger partial charge >= 0.3 is 5.97 Å². The number of hydrogen-bond acceptors (Lipinski definition) is 5. The van der Waals surface area contributed by atoms with E-state index < -0.39 is 0 Å². The smallest absolute Gasteiger partial charge is 0.305 e. The van der Waals surface area contributed by atoms with Gasteiger partial charge < -0.3 is 4.74 Å². The quantitative estimate of drug-likeness (QED) is 0.141. The average Bonchev–Trinajstić information content (AvgIpc) is 3.27. The summed E-state index contributed by atoms with van der Waals surface area (Å²) >= 11 is 1.73. The second-order valence-corrected chi connectivity index (χ2v) is 10.3. The van der Waals surface area contributed by atoms with Crippen molar-refractivity contribution < 1.29 is 14.3 Å². The van der Waals surface area contributed by atoms with E-state index in [1.807, 2.05) is 25.1 Å². The van der Waals surface area contributed by atoms with Gasteiger partial charge in [0.25, 0.3) is 0 Å². The molecule has 0 radical (unpaired) electrons. The fourth-order valence-electron chi connectivity index (χ4n) is 4.17. The molecular weight excluding hydrogens is 454 g/mol. The molecule has 0 N–H and O–H groups in total. The molecule has 0 bridgehead atoms. The van der Waals surface area contributed by atoms with Gasteiger partial charge in [-0.1, -0.05) is 68.1 Å². The number of thiazole rings is 1. The van der Waals surface area contributed by atoms with Crippen molar-refractivity contribution in [3.05, 3.63) is 75.3 Å². The number of methoxy groups -OCH3 is 1. The predicted octanol–water partition coefficient (Wildman–Crippen LogP) is 7.47. The Hall–Kier alpha value is -2.79. The highest BCUT2D eigenvalue weighted by molar-refractivity contribution is 7.15. The molecule has 186 valence electrons. The van der Waals surface area contributed by atoms with E-state index in [9.17, 15) is 9.59 Å². The number of carbonyl (C=O) groups excluding carboxylic acids is 2. The van der Waals surface area contributed by atoms with Crippen LogP contribution in [-0.2, 0) is 28.8 Å². The summed E-state index contributed by atoms with van der Waals surface area (Å²) in [4.78, 5) is 30.7. The monoisotopic (exact) mass is 491 g/mol. The van der Waals surface area contributed by atoms with Gasteiger partial charge in [-0.2, -0.15) is 0 Å². The van der Waals surface area contributed by atoms with E-state index >= 15 is 0 Å². The van der Waals surface area contributed by atoms with Gasteiger partial charge in [-0.3, -0.25) is 9.59 Å². The third-order valence-corrected chi connectivity index (χ3v) is 7.62. The summed E-state index contributed by atoms with van der Waals surface area (Å²) in [6.45, 7) is 6.31. The van der Waals surface area contributed by atoms with Crippen molar-refractivity contribution in [1.29, 1.82) is 0 Å². The zero-order valence-corrected chi connectivity index (χ0v) is 22.3. The van der Waals surface area contributed by atoms with E-state index in [0.29, 0.717) is 25.7 Å². The molecule has 0 aliphatic rings. The van der Waals surface area contributed by atoms with E-state index in [1.165, 1.54) is 36.8 Å². The number of Topliss-reactive ketones (excluding diaryl/α,β-unsaturated/α-hetero) is 1. The summed E-state index contributed by atoms with van der Waals surface area (Å²) in [5.41, 5.74) is 6.39. The van der Waals surface area contributed by atoms with E-state index in [1.54, 1.807) is 11.3 Å². The van der Waals surface area contributed by atoms with Crippen LogP contribution in [0.15, 0.2) is 42.5 Å². The molecule has 0 aliphatic carbocycles. The van der Waals surface area contributed by atoms with Gasteiger partial charge in [-0.05, 0) is 56.7 Å². The molecule has 1 heterocycles. The lowest BCUT2D eigenvalue weighted by molar-refractivity contribution is -0.140. The zero-order chi connectivity index (χ0) is 25.2. The van der Waals surface area contributed by atoms with E-state index in [0.717, 1.165) is 45.8 Å². The van der Waals surface area contributed by atoms with Crippen LogP contribution in [0.5, 0.6) is 0 Å². The molecule has 0 amide bonds. The molecule has 3 aromatic rings. The maximum Gasteiger partial charge on any atom is 0.305 e. The number of unbranched alkanes of at least 4 members (excludes halogenated alkanes) is 3. The van der Waals surface area contributed by atoms with Crippen molar-refractivity contribution in [2.45, 2.75) is 78.6 Å². The molecule has 0 saturated heterocycles. The van der Waals surface area contributed by atoms with Gasteiger partial charge in [-0.25, -0.2) is 4.98 Å². The maximum atomic E-state index is 13.0. The molecule has 4 nitrogen and oxygen atoms in total. The summed E-state index contributed by atoms with van der Waals surface area (Å²) in [5, 5.41) is 1.05. The van der Waals surface area contributed by atoms with Crippen molar-refractivity contribution in [2.24, 2.45) is 0 Å². The van der Waals surface area contributed by atoms with Gasteiger partial charge in [0.1, 0.15) is 5.01 Å². The Bertz CT molecular complexity index is 1130. The van der Waals surface area contributed by atoms with Crippen molar-refractivity contribution >= 4 is 23.1 Å². The number of nitrogens with zero attached hydrogens (tertiary/aromatic N) is 1. The highest BCUT2D eigenvalue weighted by Crippen LogP contribution is 2.31. The summed E-state index contributed by atoms with van der Waals surface area (Å²) in [5.74, 6) is -0.0700. The number of carbonyl (C=O) groups is 2. The predicted molar refractivity (Wildman–Crippen MR) is 144 cm³/mol. The largest absolute Gasteiger partial charge is 0.469 e. The summed E-state index contributed by atoms with van der Waals surface area (Å²) < 4.78 is 4.73. The topological polar surface area (TPSA) is 56.3 Å². The number of aromatic nitrogens is 1.